The number of aliphatic hydroxyl groups is 1. The lowest BCUT2D eigenvalue weighted by molar-refractivity contribution is 0.00328. The van der Waals surface area contributed by atoms with E-state index in [1.807, 2.05) is 31.2 Å². The molecule has 1 saturated heterocycles. The predicted octanol–water partition coefficient (Wildman–Crippen LogP) is 1.80. The highest BCUT2D eigenvalue weighted by Crippen LogP contribution is 2.19. The van der Waals surface area contributed by atoms with Crippen molar-refractivity contribution in [2.75, 3.05) is 32.0 Å². The standard InChI is InChI=1S/C15H24N2O2/c1-2-19-14-7-9-17(10-8-14)11-15(18)12-3-5-13(16)6-4-12/h3-6,14-15,18H,2,7-11,16H2,1H3. The van der Waals surface area contributed by atoms with Gasteiger partial charge in [0.05, 0.1) is 12.2 Å². The molecule has 1 aliphatic heterocycles. The minimum atomic E-state index is -0.441. The van der Waals surface area contributed by atoms with Gasteiger partial charge in [-0.15, -0.1) is 0 Å². The Bertz CT molecular complexity index is 372. The molecular formula is C15H24N2O2. The summed E-state index contributed by atoms with van der Waals surface area (Å²) in [6.45, 7) is 5.51. The van der Waals surface area contributed by atoms with Crippen molar-refractivity contribution in [2.45, 2.75) is 32.0 Å². The van der Waals surface area contributed by atoms with Crippen LogP contribution in [-0.4, -0.2) is 42.4 Å². The molecule has 0 spiro atoms. The Morgan fingerprint density at radius 1 is 1.32 bits per heavy atom. The van der Waals surface area contributed by atoms with Gasteiger partial charge in [0.2, 0.25) is 0 Å². The molecule has 1 aromatic carbocycles. The van der Waals surface area contributed by atoms with Gasteiger partial charge in [0, 0.05) is 31.9 Å². The second-order valence-electron chi connectivity index (χ2n) is 5.14. The van der Waals surface area contributed by atoms with Crippen molar-refractivity contribution >= 4 is 5.69 Å². The van der Waals surface area contributed by atoms with Gasteiger partial charge in [-0.05, 0) is 37.5 Å². The fourth-order valence-corrected chi connectivity index (χ4v) is 2.56. The molecule has 1 fully saturated rings. The molecule has 0 amide bonds. The van der Waals surface area contributed by atoms with Crippen molar-refractivity contribution in [1.29, 1.82) is 0 Å². The van der Waals surface area contributed by atoms with Crippen molar-refractivity contribution in [2.24, 2.45) is 0 Å². The first-order chi connectivity index (χ1) is 9.19. The molecule has 0 aliphatic carbocycles. The number of nitrogen functional groups attached to an aromatic ring is 1. The SMILES string of the molecule is CCOC1CCN(CC(O)c2ccc(N)cc2)CC1. The minimum Gasteiger partial charge on any atom is -0.399 e. The molecule has 106 valence electrons. The molecule has 1 atom stereocenters. The van der Waals surface area contributed by atoms with E-state index in [4.69, 9.17) is 10.5 Å². The third-order valence-electron chi connectivity index (χ3n) is 3.69. The van der Waals surface area contributed by atoms with Crippen LogP contribution in [0.25, 0.3) is 0 Å². The maximum absolute atomic E-state index is 10.2. The van der Waals surface area contributed by atoms with Crippen LogP contribution >= 0.6 is 0 Å². The summed E-state index contributed by atoms with van der Waals surface area (Å²) in [7, 11) is 0. The van der Waals surface area contributed by atoms with Crippen LogP contribution in [0.3, 0.4) is 0 Å². The monoisotopic (exact) mass is 264 g/mol. The normalized spacial score (nSPS) is 19.5. The van der Waals surface area contributed by atoms with Gasteiger partial charge in [-0.2, -0.15) is 0 Å². The molecule has 1 heterocycles. The molecule has 2 rings (SSSR count). The fourth-order valence-electron chi connectivity index (χ4n) is 2.56. The number of nitrogens with two attached hydrogens (primary N) is 1. The Morgan fingerprint density at radius 2 is 1.95 bits per heavy atom. The number of β-amino-alcohol motifs (C(OH)–C–C–N with tert-alkyl or cyclic N) is 1. The first-order valence-corrected chi connectivity index (χ1v) is 7.06. The summed E-state index contributed by atoms with van der Waals surface area (Å²) in [4.78, 5) is 2.30. The van der Waals surface area contributed by atoms with E-state index in [1.54, 1.807) is 0 Å². The van der Waals surface area contributed by atoms with Gasteiger partial charge in [0.1, 0.15) is 0 Å². The molecule has 1 aliphatic rings. The molecule has 3 N–H and O–H groups in total. The summed E-state index contributed by atoms with van der Waals surface area (Å²) >= 11 is 0. The van der Waals surface area contributed by atoms with Crippen LogP contribution in [0, 0.1) is 0 Å². The van der Waals surface area contributed by atoms with Crippen LogP contribution in [0.2, 0.25) is 0 Å². The maximum atomic E-state index is 10.2. The minimum absolute atomic E-state index is 0.398. The van der Waals surface area contributed by atoms with Gasteiger partial charge < -0.3 is 20.5 Å². The first-order valence-electron chi connectivity index (χ1n) is 7.06. The van der Waals surface area contributed by atoms with Crippen LogP contribution < -0.4 is 5.73 Å². The first kappa shape index (κ1) is 14.3. The molecule has 19 heavy (non-hydrogen) atoms. The summed E-state index contributed by atoms with van der Waals surface area (Å²) in [5, 5.41) is 10.2. The zero-order valence-corrected chi connectivity index (χ0v) is 11.6. The average molecular weight is 264 g/mol. The number of aliphatic hydroxyl groups excluding tert-OH is 1. The summed E-state index contributed by atoms with van der Waals surface area (Å²) in [5.41, 5.74) is 7.31. The van der Waals surface area contributed by atoms with Gasteiger partial charge in [0.25, 0.3) is 0 Å². The number of benzene rings is 1. The molecule has 0 aromatic heterocycles. The third kappa shape index (κ3) is 4.20. The van der Waals surface area contributed by atoms with E-state index in [-0.39, 0.29) is 0 Å². The maximum Gasteiger partial charge on any atom is 0.0916 e. The summed E-state index contributed by atoms with van der Waals surface area (Å²) in [6.07, 6.45) is 2.07. The predicted molar refractivity (Wildman–Crippen MR) is 76.9 cm³/mol. The van der Waals surface area contributed by atoms with Crippen molar-refractivity contribution in [3.8, 4) is 0 Å². The van der Waals surface area contributed by atoms with E-state index < -0.39 is 6.10 Å². The molecule has 0 bridgehead atoms. The number of anilines is 1. The van der Waals surface area contributed by atoms with Gasteiger partial charge in [0.15, 0.2) is 0 Å². The molecular weight excluding hydrogens is 240 g/mol. The van der Waals surface area contributed by atoms with E-state index in [0.29, 0.717) is 12.6 Å². The molecule has 4 heteroatoms. The number of hydrogen-bond acceptors (Lipinski definition) is 4. The number of nitrogens with zero attached hydrogens (tertiary/aromatic N) is 1. The Labute approximate surface area is 115 Å². The highest BCUT2D eigenvalue weighted by Gasteiger charge is 2.21. The van der Waals surface area contributed by atoms with Crippen molar-refractivity contribution in [3.05, 3.63) is 29.8 Å². The number of ether oxygens (including phenoxy) is 1. The van der Waals surface area contributed by atoms with E-state index in [0.717, 1.165) is 43.8 Å². The van der Waals surface area contributed by atoms with Crippen molar-refractivity contribution < 1.29 is 9.84 Å². The number of piperidine rings is 1. The van der Waals surface area contributed by atoms with Crippen LogP contribution in [0.4, 0.5) is 5.69 Å². The zero-order chi connectivity index (χ0) is 13.7. The molecule has 0 saturated carbocycles. The second kappa shape index (κ2) is 6.89. The van der Waals surface area contributed by atoms with Crippen molar-refractivity contribution in [3.63, 3.8) is 0 Å². The van der Waals surface area contributed by atoms with E-state index >= 15 is 0 Å². The summed E-state index contributed by atoms with van der Waals surface area (Å²) in [6, 6.07) is 7.46. The average Bonchev–Trinajstić information content (AvgIpc) is 2.42. The van der Waals surface area contributed by atoms with Crippen LogP contribution in [0.5, 0.6) is 0 Å². The van der Waals surface area contributed by atoms with Crippen LogP contribution in [0.15, 0.2) is 24.3 Å². The summed E-state index contributed by atoms with van der Waals surface area (Å²) in [5.74, 6) is 0. The largest absolute Gasteiger partial charge is 0.399 e. The Balaban J connectivity index is 1.80. The second-order valence-corrected chi connectivity index (χ2v) is 5.14. The van der Waals surface area contributed by atoms with Gasteiger partial charge in [-0.1, -0.05) is 12.1 Å². The molecule has 0 radical (unpaired) electrons. The Hall–Kier alpha value is -1.10. The van der Waals surface area contributed by atoms with E-state index in [2.05, 4.69) is 4.90 Å². The lowest BCUT2D eigenvalue weighted by Gasteiger charge is -2.33. The fraction of sp³-hybridized carbons (Fsp3) is 0.600. The quantitative estimate of drug-likeness (QED) is 0.796. The topological polar surface area (TPSA) is 58.7 Å². The summed E-state index contributed by atoms with van der Waals surface area (Å²) < 4.78 is 5.63. The Kier molecular flexibility index (Phi) is 5.19. The van der Waals surface area contributed by atoms with E-state index in [1.165, 1.54) is 0 Å². The zero-order valence-electron chi connectivity index (χ0n) is 11.6. The highest BCUT2D eigenvalue weighted by molar-refractivity contribution is 5.39. The number of rotatable bonds is 5. The lowest BCUT2D eigenvalue weighted by Crippen LogP contribution is -2.39. The molecule has 4 nitrogen and oxygen atoms in total. The van der Waals surface area contributed by atoms with Gasteiger partial charge in [-0.3, -0.25) is 0 Å². The highest BCUT2D eigenvalue weighted by atomic mass is 16.5. The van der Waals surface area contributed by atoms with E-state index in [9.17, 15) is 5.11 Å². The number of likely N-dealkylation sites (tertiary alicyclic amines) is 1. The Morgan fingerprint density at radius 3 is 2.53 bits per heavy atom. The molecule has 1 aromatic rings. The lowest BCUT2D eigenvalue weighted by atomic mass is 10.0. The van der Waals surface area contributed by atoms with Crippen LogP contribution in [-0.2, 0) is 4.74 Å². The molecule has 1 unspecified atom stereocenters. The smallest absolute Gasteiger partial charge is 0.0916 e. The number of hydrogen-bond donors (Lipinski definition) is 2. The van der Waals surface area contributed by atoms with Crippen molar-refractivity contribution in [1.82, 2.24) is 4.90 Å². The van der Waals surface area contributed by atoms with Gasteiger partial charge >= 0.3 is 0 Å². The van der Waals surface area contributed by atoms with Gasteiger partial charge in [-0.25, -0.2) is 0 Å². The van der Waals surface area contributed by atoms with Crippen LogP contribution in [0.1, 0.15) is 31.4 Å². The third-order valence-corrected chi connectivity index (χ3v) is 3.69.